The lowest BCUT2D eigenvalue weighted by molar-refractivity contribution is -0.133. The van der Waals surface area contributed by atoms with Crippen LogP contribution in [0.1, 0.15) is 35.5 Å². The lowest BCUT2D eigenvalue weighted by atomic mass is 10.1. The van der Waals surface area contributed by atoms with E-state index in [2.05, 4.69) is 5.32 Å². The molecule has 1 aromatic carbocycles. The monoisotopic (exact) mass is 346 g/mol. The number of rotatable bonds is 7. The predicted molar refractivity (Wildman–Crippen MR) is 95.1 cm³/mol. The van der Waals surface area contributed by atoms with E-state index in [1.807, 2.05) is 18.4 Å². The second-order valence-corrected chi connectivity index (χ2v) is 6.51. The van der Waals surface area contributed by atoms with Crippen LogP contribution in [-0.2, 0) is 11.3 Å². The Balaban J connectivity index is 2.05. The molecule has 0 saturated heterocycles. The number of hydrogen-bond donors (Lipinski definition) is 2. The number of amides is 2. The van der Waals surface area contributed by atoms with Crippen LogP contribution >= 0.6 is 11.3 Å². The van der Waals surface area contributed by atoms with Crippen LogP contribution in [0.4, 0.5) is 0 Å². The Morgan fingerprint density at radius 2 is 2.00 bits per heavy atom. The number of nitrogens with zero attached hydrogens (tertiary/aromatic N) is 1. The van der Waals surface area contributed by atoms with Crippen molar-refractivity contribution in [2.45, 2.75) is 32.9 Å². The quantitative estimate of drug-likeness (QED) is 0.810. The normalized spacial score (nSPS) is 11.8. The van der Waals surface area contributed by atoms with Gasteiger partial charge in [0.25, 0.3) is 5.91 Å². The molecule has 0 radical (unpaired) electrons. The van der Waals surface area contributed by atoms with Crippen molar-refractivity contribution >= 4 is 23.2 Å². The molecule has 128 valence electrons. The van der Waals surface area contributed by atoms with Crippen molar-refractivity contribution in [3.05, 3.63) is 52.2 Å². The number of thiophene rings is 1. The second kappa shape index (κ2) is 8.49. The van der Waals surface area contributed by atoms with Crippen molar-refractivity contribution in [3.63, 3.8) is 0 Å². The zero-order valence-electron chi connectivity index (χ0n) is 13.9. The van der Waals surface area contributed by atoms with Crippen LogP contribution in [0.2, 0.25) is 0 Å². The first-order valence-electron chi connectivity index (χ1n) is 7.93. The minimum atomic E-state index is -0.628. The molecule has 0 aliphatic rings. The van der Waals surface area contributed by atoms with Crippen molar-refractivity contribution < 1.29 is 14.7 Å². The number of para-hydroxylation sites is 1. The summed E-state index contributed by atoms with van der Waals surface area (Å²) in [6.07, 6.45) is 0.797. The van der Waals surface area contributed by atoms with Crippen LogP contribution in [0.15, 0.2) is 41.8 Å². The highest BCUT2D eigenvalue weighted by molar-refractivity contribution is 7.12. The maximum absolute atomic E-state index is 12.7. The number of benzene rings is 1. The molecular formula is C18H22N2O3S. The summed E-state index contributed by atoms with van der Waals surface area (Å²) < 4.78 is 0. The van der Waals surface area contributed by atoms with E-state index in [1.54, 1.807) is 42.2 Å². The molecule has 0 spiro atoms. The first-order valence-corrected chi connectivity index (χ1v) is 8.81. The molecule has 24 heavy (non-hydrogen) atoms. The average molecular weight is 346 g/mol. The Kier molecular flexibility index (Phi) is 6.37. The van der Waals surface area contributed by atoms with Crippen molar-refractivity contribution in [1.29, 1.82) is 0 Å². The molecular weight excluding hydrogens is 324 g/mol. The van der Waals surface area contributed by atoms with Gasteiger partial charge in [0, 0.05) is 18.7 Å². The van der Waals surface area contributed by atoms with Crippen LogP contribution in [0, 0.1) is 0 Å². The van der Waals surface area contributed by atoms with Gasteiger partial charge in [0.15, 0.2) is 0 Å². The Morgan fingerprint density at radius 3 is 2.62 bits per heavy atom. The van der Waals surface area contributed by atoms with Gasteiger partial charge in [0.1, 0.15) is 11.8 Å². The standard InChI is InChI=1S/C18H22N2O3S/c1-3-10-20(12-14-7-4-5-8-15(14)21)18(23)13(2)19-17(22)16-9-6-11-24-16/h4-9,11,13,21H,3,10,12H2,1-2H3,(H,19,22). The predicted octanol–water partition coefficient (Wildman–Crippen LogP) is 3.01. The van der Waals surface area contributed by atoms with E-state index in [4.69, 9.17) is 0 Å². The third-order valence-electron chi connectivity index (χ3n) is 3.62. The third kappa shape index (κ3) is 4.58. The lowest BCUT2D eigenvalue weighted by Gasteiger charge is -2.26. The highest BCUT2D eigenvalue weighted by Crippen LogP contribution is 2.18. The molecule has 5 nitrogen and oxygen atoms in total. The van der Waals surface area contributed by atoms with Gasteiger partial charge in [0.2, 0.25) is 5.91 Å². The molecule has 2 rings (SSSR count). The fourth-order valence-electron chi connectivity index (χ4n) is 2.40. The molecule has 2 aromatic rings. The number of nitrogens with one attached hydrogen (secondary N) is 1. The van der Waals surface area contributed by atoms with Gasteiger partial charge in [-0.25, -0.2) is 0 Å². The van der Waals surface area contributed by atoms with Gasteiger partial charge in [-0.05, 0) is 30.9 Å². The maximum atomic E-state index is 12.7. The average Bonchev–Trinajstić information content (AvgIpc) is 3.10. The summed E-state index contributed by atoms with van der Waals surface area (Å²) in [5.74, 6) is -0.239. The van der Waals surface area contributed by atoms with Gasteiger partial charge in [0.05, 0.1) is 4.88 Å². The maximum Gasteiger partial charge on any atom is 0.261 e. The Labute approximate surface area is 145 Å². The molecule has 1 aromatic heterocycles. The molecule has 0 saturated carbocycles. The number of phenolic OH excluding ortho intramolecular Hbond substituents is 1. The summed E-state index contributed by atoms with van der Waals surface area (Å²) in [6, 6.07) is 9.86. The molecule has 0 aliphatic carbocycles. The zero-order valence-corrected chi connectivity index (χ0v) is 14.7. The Morgan fingerprint density at radius 1 is 1.25 bits per heavy atom. The Hall–Kier alpha value is -2.34. The highest BCUT2D eigenvalue weighted by atomic mass is 32.1. The molecule has 1 heterocycles. The highest BCUT2D eigenvalue weighted by Gasteiger charge is 2.23. The summed E-state index contributed by atoms with van der Waals surface area (Å²) in [5.41, 5.74) is 0.691. The smallest absolute Gasteiger partial charge is 0.261 e. The van der Waals surface area contributed by atoms with E-state index in [1.165, 1.54) is 11.3 Å². The van der Waals surface area contributed by atoms with Crippen LogP contribution in [0.5, 0.6) is 5.75 Å². The van der Waals surface area contributed by atoms with E-state index < -0.39 is 6.04 Å². The number of hydrogen-bond acceptors (Lipinski definition) is 4. The van der Waals surface area contributed by atoms with Gasteiger partial charge >= 0.3 is 0 Å². The largest absolute Gasteiger partial charge is 0.508 e. The number of phenols is 1. The molecule has 0 aliphatic heterocycles. The molecule has 6 heteroatoms. The third-order valence-corrected chi connectivity index (χ3v) is 4.49. The second-order valence-electron chi connectivity index (χ2n) is 5.56. The summed E-state index contributed by atoms with van der Waals surface area (Å²) in [4.78, 5) is 27.0. The van der Waals surface area contributed by atoms with Crippen molar-refractivity contribution in [2.75, 3.05) is 6.54 Å². The van der Waals surface area contributed by atoms with Crippen molar-refractivity contribution in [2.24, 2.45) is 0 Å². The van der Waals surface area contributed by atoms with E-state index in [-0.39, 0.29) is 17.6 Å². The molecule has 0 fully saturated rings. The van der Waals surface area contributed by atoms with E-state index in [0.29, 0.717) is 23.5 Å². The summed E-state index contributed by atoms with van der Waals surface area (Å²) in [7, 11) is 0. The number of aromatic hydroxyl groups is 1. The number of carbonyl (C=O) groups excluding carboxylic acids is 2. The summed E-state index contributed by atoms with van der Waals surface area (Å²) in [6.45, 7) is 4.55. The molecule has 1 atom stereocenters. The topological polar surface area (TPSA) is 69.6 Å². The van der Waals surface area contributed by atoms with Crippen LogP contribution in [0.3, 0.4) is 0 Å². The van der Waals surface area contributed by atoms with Crippen molar-refractivity contribution in [1.82, 2.24) is 10.2 Å². The molecule has 1 unspecified atom stereocenters. The zero-order chi connectivity index (χ0) is 17.5. The molecule has 2 amide bonds. The van der Waals surface area contributed by atoms with Gasteiger partial charge in [-0.15, -0.1) is 11.3 Å². The van der Waals surface area contributed by atoms with Crippen LogP contribution < -0.4 is 5.32 Å². The van der Waals surface area contributed by atoms with Gasteiger partial charge in [-0.2, -0.15) is 0 Å². The van der Waals surface area contributed by atoms with Crippen molar-refractivity contribution in [3.8, 4) is 5.75 Å². The minimum absolute atomic E-state index is 0.162. The van der Waals surface area contributed by atoms with Gasteiger partial charge < -0.3 is 15.3 Å². The SMILES string of the molecule is CCCN(Cc1ccccc1O)C(=O)C(C)NC(=O)c1cccs1. The van der Waals surface area contributed by atoms with Crippen LogP contribution in [-0.4, -0.2) is 34.4 Å². The fraction of sp³-hybridized carbons (Fsp3) is 0.333. The fourth-order valence-corrected chi connectivity index (χ4v) is 3.03. The first-order chi connectivity index (χ1) is 11.5. The van der Waals surface area contributed by atoms with Gasteiger partial charge in [-0.1, -0.05) is 31.2 Å². The van der Waals surface area contributed by atoms with Crippen LogP contribution in [0.25, 0.3) is 0 Å². The first kappa shape index (κ1) is 18.0. The molecule has 0 bridgehead atoms. The summed E-state index contributed by atoms with van der Waals surface area (Å²) in [5, 5.41) is 14.5. The van der Waals surface area contributed by atoms with Gasteiger partial charge in [-0.3, -0.25) is 9.59 Å². The lowest BCUT2D eigenvalue weighted by Crippen LogP contribution is -2.46. The minimum Gasteiger partial charge on any atom is -0.508 e. The molecule has 2 N–H and O–H groups in total. The van der Waals surface area contributed by atoms with E-state index >= 15 is 0 Å². The summed E-state index contributed by atoms with van der Waals surface area (Å²) >= 11 is 1.34. The number of carbonyl (C=O) groups is 2. The van der Waals surface area contributed by atoms with E-state index in [9.17, 15) is 14.7 Å². The Bertz CT molecular complexity index is 685. The van der Waals surface area contributed by atoms with E-state index in [0.717, 1.165) is 6.42 Å².